The van der Waals surface area contributed by atoms with Gasteiger partial charge in [-0.25, -0.2) is 5.43 Å². The smallest absolute Gasteiger partial charge is 0.253 e. The van der Waals surface area contributed by atoms with Gasteiger partial charge in [-0.2, -0.15) is 5.10 Å². The standard InChI is InChI=1S/C28H26N2O2S/c1-20-10-16-26(17-11-20)33-21(2)28(31)30-29-18-22-12-14-25(15-13-22)32-19-24-8-5-7-23-6-3-4-9-27(23)24/h3-18,21H,19H2,1-2H3,(H,30,31)/b29-18-/t21-/m0/s1. The van der Waals surface area contributed by atoms with Gasteiger partial charge in [0.05, 0.1) is 11.5 Å². The lowest BCUT2D eigenvalue weighted by Gasteiger charge is -2.10. The highest BCUT2D eigenvalue weighted by Crippen LogP contribution is 2.23. The lowest BCUT2D eigenvalue weighted by atomic mass is 10.1. The van der Waals surface area contributed by atoms with E-state index in [1.807, 2.05) is 74.5 Å². The molecule has 4 rings (SSSR count). The van der Waals surface area contributed by atoms with Gasteiger partial charge in [-0.15, -0.1) is 11.8 Å². The maximum absolute atomic E-state index is 12.3. The number of amides is 1. The normalized spacial score (nSPS) is 12.1. The molecule has 0 saturated carbocycles. The number of nitrogens with zero attached hydrogens (tertiary/aromatic N) is 1. The molecule has 0 aliphatic heterocycles. The summed E-state index contributed by atoms with van der Waals surface area (Å²) < 4.78 is 5.98. The van der Waals surface area contributed by atoms with Crippen LogP contribution in [0.1, 0.15) is 23.6 Å². The quantitative estimate of drug-likeness (QED) is 0.191. The van der Waals surface area contributed by atoms with Crippen LogP contribution in [0.3, 0.4) is 0 Å². The van der Waals surface area contributed by atoms with E-state index < -0.39 is 0 Å². The molecule has 4 aromatic carbocycles. The number of nitrogens with one attached hydrogen (secondary N) is 1. The highest BCUT2D eigenvalue weighted by molar-refractivity contribution is 8.00. The molecule has 0 radical (unpaired) electrons. The fourth-order valence-electron chi connectivity index (χ4n) is 3.37. The van der Waals surface area contributed by atoms with Gasteiger partial charge in [0.15, 0.2) is 0 Å². The van der Waals surface area contributed by atoms with E-state index in [2.05, 4.69) is 40.9 Å². The Hall–Kier alpha value is -3.57. The Kier molecular flexibility index (Phi) is 7.43. The molecule has 1 atom stereocenters. The molecule has 4 aromatic rings. The number of thioether (sulfide) groups is 1. The van der Waals surface area contributed by atoms with Gasteiger partial charge < -0.3 is 4.74 Å². The van der Waals surface area contributed by atoms with Gasteiger partial charge in [-0.05, 0) is 72.1 Å². The summed E-state index contributed by atoms with van der Waals surface area (Å²) >= 11 is 1.51. The van der Waals surface area contributed by atoms with E-state index in [1.165, 1.54) is 28.1 Å². The Morgan fingerprint density at radius 3 is 2.48 bits per heavy atom. The second-order valence-corrected chi connectivity index (χ2v) is 9.22. The minimum atomic E-state index is -0.241. The number of hydrazone groups is 1. The molecule has 1 amide bonds. The lowest BCUT2D eigenvalue weighted by molar-refractivity contribution is -0.120. The summed E-state index contributed by atoms with van der Waals surface area (Å²) in [6, 6.07) is 30.3. The van der Waals surface area contributed by atoms with Crippen molar-refractivity contribution in [1.29, 1.82) is 0 Å². The molecule has 33 heavy (non-hydrogen) atoms. The summed E-state index contributed by atoms with van der Waals surface area (Å²) in [5, 5.41) is 6.27. The zero-order valence-corrected chi connectivity index (χ0v) is 19.5. The average Bonchev–Trinajstić information content (AvgIpc) is 2.85. The van der Waals surface area contributed by atoms with Crippen LogP contribution < -0.4 is 10.2 Å². The summed E-state index contributed by atoms with van der Waals surface area (Å²) in [5.41, 5.74) is 5.85. The van der Waals surface area contributed by atoms with Crippen LogP contribution in [0.4, 0.5) is 0 Å². The molecule has 0 aliphatic rings. The van der Waals surface area contributed by atoms with Crippen LogP contribution in [0, 0.1) is 6.92 Å². The van der Waals surface area contributed by atoms with Crippen molar-refractivity contribution in [2.24, 2.45) is 5.10 Å². The Morgan fingerprint density at radius 2 is 1.70 bits per heavy atom. The highest BCUT2D eigenvalue weighted by atomic mass is 32.2. The third-order valence-corrected chi connectivity index (χ3v) is 6.36. The summed E-state index contributed by atoms with van der Waals surface area (Å²) in [6.45, 7) is 4.42. The van der Waals surface area contributed by atoms with Gasteiger partial charge in [-0.1, -0.05) is 60.2 Å². The third kappa shape index (κ3) is 6.24. The number of ether oxygens (including phenoxy) is 1. The summed E-state index contributed by atoms with van der Waals surface area (Å²) in [5.74, 6) is 0.652. The number of hydrogen-bond donors (Lipinski definition) is 1. The van der Waals surface area contributed by atoms with Gasteiger partial charge in [-0.3, -0.25) is 4.79 Å². The van der Waals surface area contributed by atoms with Crippen LogP contribution in [0.2, 0.25) is 0 Å². The number of carbonyl (C=O) groups is 1. The minimum absolute atomic E-state index is 0.133. The van der Waals surface area contributed by atoms with E-state index in [4.69, 9.17) is 4.74 Å². The van der Waals surface area contributed by atoms with E-state index in [1.54, 1.807) is 6.21 Å². The van der Waals surface area contributed by atoms with Crippen LogP contribution in [0.15, 0.2) is 101 Å². The second kappa shape index (κ2) is 10.8. The predicted octanol–water partition coefficient (Wildman–Crippen LogP) is 6.36. The number of carbonyl (C=O) groups excluding carboxylic acids is 1. The Bertz CT molecular complexity index is 1250. The molecule has 0 heterocycles. The second-order valence-electron chi connectivity index (χ2n) is 7.80. The molecule has 4 nitrogen and oxygen atoms in total. The summed E-state index contributed by atoms with van der Waals surface area (Å²) in [7, 11) is 0. The van der Waals surface area contributed by atoms with Crippen LogP contribution in [-0.2, 0) is 11.4 Å². The molecule has 0 aromatic heterocycles. The number of aryl methyl sites for hydroxylation is 1. The third-order valence-electron chi connectivity index (χ3n) is 5.25. The largest absolute Gasteiger partial charge is 0.489 e. The maximum atomic E-state index is 12.3. The number of fused-ring (bicyclic) bond motifs is 1. The van der Waals surface area contributed by atoms with Crippen molar-refractivity contribution in [2.45, 2.75) is 30.6 Å². The first-order valence-electron chi connectivity index (χ1n) is 10.8. The molecule has 0 unspecified atom stereocenters. The predicted molar refractivity (Wildman–Crippen MR) is 137 cm³/mol. The first-order chi connectivity index (χ1) is 16.1. The van der Waals surface area contributed by atoms with Gasteiger partial charge in [0.25, 0.3) is 5.91 Å². The van der Waals surface area contributed by atoms with Crippen LogP contribution in [0.5, 0.6) is 5.75 Å². The minimum Gasteiger partial charge on any atom is -0.489 e. The van der Waals surface area contributed by atoms with Crippen LogP contribution in [-0.4, -0.2) is 17.4 Å². The molecule has 166 valence electrons. The van der Waals surface area contributed by atoms with E-state index >= 15 is 0 Å². The Labute approximate surface area is 198 Å². The average molecular weight is 455 g/mol. The molecule has 0 aliphatic carbocycles. The molecule has 0 saturated heterocycles. The summed E-state index contributed by atoms with van der Waals surface area (Å²) in [4.78, 5) is 13.4. The molecule has 5 heteroatoms. The van der Waals surface area contributed by atoms with Crippen molar-refractivity contribution >= 4 is 34.7 Å². The van der Waals surface area contributed by atoms with Crippen molar-refractivity contribution in [3.05, 3.63) is 108 Å². The molecule has 0 fully saturated rings. The number of rotatable bonds is 8. The van der Waals surface area contributed by atoms with Gasteiger partial charge in [0.1, 0.15) is 12.4 Å². The zero-order valence-electron chi connectivity index (χ0n) is 18.7. The van der Waals surface area contributed by atoms with E-state index in [-0.39, 0.29) is 11.2 Å². The van der Waals surface area contributed by atoms with Gasteiger partial charge >= 0.3 is 0 Å². The van der Waals surface area contributed by atoms with Crippen molar-refractivity contribution in [2.75, 3.05) is 0 Å². The molecular weight excluding hydrogens is 428 g/mol. The van der Waals surface area contributed by atoms with Crippen molar-refractivity contribution in [1.82, 2.24) is 5.43 Å². The topological polar surface area (TPSA) is 50.7 Å². The summed E-state index contributed by atoms with van der Waals surface area (Å²) in [6.07, 6.45) is 1.63. The Morgan fingerprint density at radius 1 is 0.970 bits per heavy atom. The first kappa shape index (κ1) is 22.6. The van der Waals surface area contributed by atoms with E-state index in [9.17, 15) is 4.79 Å². The Balaban J connectivity index is 1.28. The van der Waals surface area contributed by atoms with E-state index in [0.717, 1.165) is 21.8 Å². The lowest BCUT2D eigenvalue weighted by Crippen LogP contribution is -2.26. The monoisotopic (exact) mass is 454 g/mol. The van der Waals surface area contributed by atoms with Gasteiger partial charge in [0.2, 0.25) is 0 Å². The van der Waals surface area contributed by atoms with E-state index in [0.29, 0.717) is 6.61 Å². The van der Waals surface area contributed by atoms with Crippen molar-refractivity contribution in [3.63, 3.8) is 0 Å². The SMILES string of the molecule is Cc1ccc(S[C@@H](C)C(=O)N/N=C\c2ccc(OCc3cccc4ccccc34)cc2)cc1. The molecule has 0 bridgehead atoms. The first-order valence-corrected chi connectivity index (χ1v) is 11.7. The molecule has 1 N–H and O–H groups in total. The zero-order chi connectivity index (χ0) is 23.0. The molecular formula is C28H26N2O2S. The van der Waals surface area contributed by atoms with Crippen molar-refractivity contribution < 1.29 is 9.53 Å². The highest BCUT2D eigenvalue weighted by Gasteiger charge is 2.13. The number of benzene rings is 4. The van der Waals surface area contributed by atoms with Crippen LogP contribution >= 0.6 is 11.8 Å². The fourth-order valence-corrected chi connectivity index (χ4v) is 4.23. The number of hydrogen-bond acceptors (Lipinski definition) is 4. The fraction of sp³-hybridized carbons (Fsp3) is 0.143. The van der Waals surface area contributed by atoms with Gasteiger partial charge in [0, 0.05) is 4.90 Å². The van der Waals surface area contributed by atoms with Crippen molar-refractivity contribution in [3.8, 4) is 5.75 Å². The molecule has 0 spiro atoms. The van der Waals surface area contributed by atoms with Crippen LogP contribution in [0.25, 0.3) is 10.8 Å². The maximum Gasteiger partial charge on any atom is 0.253 e.